The summed E-state index contributed by atoms with van der Waals surface area (Å²) in [6.07, 6.45) is 5.53. The van der Waals surface area contributed by atoms with E-state index in [1.165, 1.54) is 18.1 Å². The molecule has 164 valence electrons. The van der Waals surface area contributed by atoms with E-state index in [9.17, 15) is 9.59 Å². The van der Waals surface area contributed by atoms with Crippen LogP contribution in [0.15, 0.2) is 29.0 Å². The molecule has 2 N–H and O–H groups in total. The van der Waals surface area contributed by atoms with Crippen LogP contribution in [0.2, 0.25) is 0 Å². The number of fused-ring (bicyclic) bond motifs is 1. The van der Waals surface area contributed by atoms with Gasteiger partial charge in [-0.25, -0.2) is 0 Å². The number of carbonyl (C=O) groups excluding carboxylic acids is 2. The minimum Gasteiger partial charge on any atom is -0.464 e. The molecule has 7 nitrogen and oxygen atoms in total. The van der Waals surface area contributed by atoms with Gasteiger partial charge in [-0.1, -0.05) is 13.8 Å². The molecule has 3 heterocycles. The van der Waals surface area contributed by atoms with Gasteiger partial charge in [-0.2, -0.15) is 5.10 Å². The molecule has 3 aromatic rings. The Bertz CT molecular complexity index is 1110. The number of benzene rings is 1. The number of aromatic amines is 1. The van der Waals surface area contributed by atoms with Crippen LogP contribution in [-0.2, 0) is 16.0 Å². The van der Waals surface area contributed by atoms with Gasteiger partial charge in [-0.15, -0.1) is 0 Å². The van der Waals surface area contributed by atoms with E-state index in [2.05, 4.69) is 48.4 Å². The third-order valence-electron chi connectivity index (χ3n) is 6.17. The number of piperidine rings is 1. The van der Waals surface area contributed by atoms with Crippen molar-refractivity contribution in [3.05, 3.63) is 47.0 Å². The maximum absolute atomic E-state index is 13.2. The molecule has 2 aromatic heterocycles. The molecular formula is C24H30N4O3. The molecule has 0 bridgehead atoms. The first-order chi connectivity index (χ1) is 14.8. The fourth-order valence-electron chi connectivity index (χ4n) is 4.61. The maximum Gasteiger partial charge on any atom is 0.227 e. The first-order valence-electron chi connectivity index (χ1n) is 10.9. The van der Waals surface area contributed by atoms with E-state index in [1.54, 1.807) is 12.5 Å². The number of hydrogen-bond donors (Lipinski definition) is 2. The number of likely N-dealkylation sites (tertiary alicyclic amines) is 1. The molecule has 1 unspecified atom stereocenters. The number of nitrogens with one attached hydrogen (secondary N) is 2. The Morgan fingerprint density at radius 3 is 2.90 bits per heavy atom. The summed E-state index contributed by atoms with van der Waals surface area (Å²) in [4.78, 5) is 26.5. The Labute approximate surface area is 182 Å². The van der Waals surface area contributed by atoms with Crippen LogP contribution in [-0.4, -0.2) is 40.0 Å². The summed E-state index contributed by atoms with van der Waals surface area (Å²) in [5.41, 5.74) is 5.85. The second kappa shape index (κ2) is 8.57. The van der Waals surface area contributed by atoms with E-state index < -0.39 is 0 Å². The molecule has 1 atom stereocenters. The van der Waals surface area contributed by atoms with Crippen LogP contribution in [0.25, 0.3) is 11.0 Å². The third-order valence-corrected chi connectivity index (χ3v) is 6.17. The molecule has 7 heteroatoms. The average Bonchev–Trinajstić information content (AvgIpc) is 3.33. The van der Waals surface area contributed by atoms with E-state index in [0.29, 0.717) is 24.6 Å². The summed E-state index contributed by atoms with van der Waals surface area (Å²) < 4.78 is 5.76. The topological polar surface area (TPSA) is 91.2 Å². The van der Waals surface area contributed by atoms with Crippen LogP contribution >= 0.6 is 0 Å². The molecule has 0 radical (unpaired) electrons. The van der Waals surface area contributed by atoms with Crippen molar-refractivity contribution in [1.29, 1.82) is 0 Å². The highest BCUT2D eigenvalue weighted by molar-refractivity contribution is 5.90. The number of aryl methyl sites for hydroxylation is 1. The lowest BCUT2D eigenvalue weighted by Crippen LogP contribution is -2.40. The second-order valence-corrected chi connectivity index (χ2v) is 8.85. The lowest BCUT2D eigenvalue weighted by Gasteiger charge is -2.32. The van der Waals surface area contributed by atoms with Crippen LogP contribution in [0, 0.1) is 6.92 Å². The minimum atomic E-state index is -0.130. The standard InChI is InChI=1S/C24H30N4O3/c1-14(2)19-10-20-18(13-31-22(20)8-15(19)3)9-23(30)28-7-5-6-17(12-28)24-21(11-25-27-24)26-16(4)29/h8,10-11,13-14,17H,5-7,9,12H2,1-4H3,(H,25,27)(H,26,29). The van der Waals surface area contributed by atoms with E-state index in [0.717, 1.165) is 41.6 Å². The van der Waals surface area contributed by atoms with Gasteiger partial charge in [0.25, 0.3) is 0 Å². The van der Waals surface area contributed by atoms with Crippen LogP contribution < -0.4 is 5.32 Å². The average molecular weight is 423 g/mol. The zero-order chi connectivity index (χ0) is 22.1. The normalized spacial score (nSPS) is 16.8. The largest absolute Gasteiger partial charge is 0.464 e. The van der Waals surface area contributed by atoms with Crippen molar-refractivity contribution in [1.82, 2.24) is 15.1 Å². The second-order valence-electron chi connectivity index (χ2n) is 8.85. The molecule has 2 amide bonds. The number of rotatable bonds is 5. The van der Waals surface area contributed by atoms with Gasteiger partial charge in [0, 0.05) is 36.9 Å². The van der Waals surface area contributed by atoms with Gasteiger partial charge in [-0.05, 0) is 48.9 Å². The van der Waals surface area contributed by atoms with Gasteiger partial charge in [-0.3, -0.25) is 14.7 Å². The lowest BCUT2D eigenvalue weighted by molar-refractivity contribution is -0.131. The summed E-state index contributed by atoms with van der Waals surface area (Å²) in [7, 11) is 0. The molecule has 1 saturated heterocycles. The molecule has 0 spiro atoms. The molecule has 1 aliphatic heterocycles. The first kappa shape index (κ1) is 21.2. The van der Waals surface area contributed by atoms with Gasteiger partial charge in [0.15, 0.2) is 0 Å². The van der Waals surface area contributed by atoms with Crippen LogP contribution in [0.5, 0.6) is 0 Å². The predicted octanol–water partition coefficient (Wildman–Crippen LogP) is 4.49. The summed E-state index contributed by atoms with van der Waals surface area (Å²) in [5.74, 6) is 0.505. The minimum absolute atomic E-state index is 0.0969. The highest BCUT2D eigenvalue weighted by Gasteiger charge is 2.28. The van der Waals surface area contributed by atoms with E-state index in [-0.39, 0.29) is 17.7 Å². The summed E-state index contributed by atoms with van der Waals surface area (Å²) in [6.45, 7) is 9.29. The Morgan fingerprint density at radius 1 is 1.35 bits per heavy atom. The van der Waals surface area contributed by atoms with Gasteiger partial charge in [0.05, 0.1) is 30.3 Å². The first-order valence-corrected chi connectivity index (χ1v) is 10.9. The van der Waals surface area contributed by atoms with Gasteiger partial charge >= 0.3 is 0 Å². The number of amides is 2. The Morgan fingerprint density at radius 2 is 2.16 bits per heavy atom. The number of carbonyl (C=O) groups is 2. The molecule has 31 heavy (non-hydrogen) atoms. The van der Waals surface area contributed by atoms with E-state index >= 15 is 0 Å². The number of H-pyrrole nitrogens is 1. The number of anilines is 1. The number of hydrogen-bond acceptors (Lipinski definition) is 4. The zero-order valence-corrected chi connectivity index (χ0v) is 18.6. The Kier molecular flexibility index (Phi) is 5.85. The molecule has 4 rings (SSSR count). The summed E-state index contributed by atoms with van der Waals surface area (Å²) in [5, 5.41) is 11.0. The fraction of sp³-hybridized carbons (Fsp3) is 0.458. The molecule has 0 aliphatic carbocycles. The highest BCUT2D eigenvalue weighted by atomic mass is 16.3. The number of nitrogens with zero attached hydrogens (tertiary/aromatic N) is 2. The molecule has 0 saturated carbocycles. The maximum atomic E-state index is 13.2. The van der Waals surface area contributed by atoms with Crippen molar-refractivity contribution in [2.75, 3.05) is 18.4 Å². The molecule has 1 fully saturated rings. The van der Waals surface area contributed by atoms with Gasteiger partial charge in [0.2, 0.25) is 11.8 Å². The lowest BCUT2D eigenvalue weighted by atomic mass is 9.93. The van der Waals surface area contributed by atoms with Crippen LogP contribution in [0.1, 0.15) is 67.8 Å². The van der Waals surface area contributed by atoms with Crippen LogP contribution in [0.3, 0.4) is 0 Å². The summed E-state index contributed by atoms with van der Waals surface area (Å²) in [6, 6.07) is 4.24. The molecule has 1 aliphatic rings. The van der Waals surface area contributed by atoms with Crippen molar-refractivity contribution in [3.8, 4) is 0 Å². The van der Waals surface area contributed by atoms with Crippen molar-refractivity contribution in [3.63, 3.8) is 0 Å². The zero-order valence-electron chi connectivity index (χ0n) is 18.6. The Hall–Kier alpha value is -3.09. The van der Waals surface area contributed by atoms with Crippen molar-refractivity contribution < 1.29 is 14.0 Å². The van der Waals surface area contributed by atoms with Crippen molar-refractivity contribution in [2.45, 2.75) is 58.8 Å². The van der Waals surface area contributed by atoms with Crippen molar-refractivity contribution >= 4 is 28.5 Å². The summed E-state index contributed by atoms with van der Waals surface area (Å²) >= 11 is 0. The predicted molar refractivity (Wildman–Crippen MR) is 120 cm³/mol. The van der Waals surface area contributed by atoms with E-state index in [1.807, 2.05) is 4.90 Å². The van der Waals surface area contributed by atoms with Gasteiger partial charge < -0.3 is 14.6 Å². The van der Waals surface area contributed by atoms with Crippen molar-refractivity contribution in [2.24, 2.45) is 0 Å². The smallest absolute Gasteiger partial charge is 0.227 e. The van der Waals surface area contributed by atoms with E-state index in [4.69, 9.17) is 4.42 Å². The quantitative estimate of drug-likeness (QED) is 0.634. The highest BCUT2D eigenvalue weighted by Crippen LogP contribution is 2.32. The number of aromatic nitrogens is 2. The van der Waals surface area contributed by atoms with Gasteiger partial charge in [0.1, 0.15) is 5.58 Å². The molecule has 1 aromatic carbocycles. The Balaban J connectivity index is 1.51. The molecular weight excluding hydrogens is 392 g/mol. The fourth-order valence-corrected chi connectivity index (χ4v) is 4.61. The third kappa shape index (κ3) is 4.36. The number of furan rings is 1. The SMILES string of the molecule is CC(=O)Nc1cn[nH]c1C1CCCN(C(=O)Cc2coc3cc(C)c(C(C)C)cc23)C1. The van der Waals surface area contributed by atoms with Crippen LogP contribution in [0.4, 0.5) is 5.69 Å². The monoisotopic (exact) mass is 422 g/mol.